The fourth-order valence-corrected chi connectivity index (χ4v) is 2.86. The van der Waals surface area contributed by atoms with Crippen LogP contribution < -0.4 is 16.0 Å². The Kier molecular flexibility index (Phi) is 1.81. The van der Waals surface area contributed by atoms with Gasteiger partial charge in [-0.2, -0.15) is 0 Å². The summed E-state index contributed by atoms with van der Waals surface area (Å²) in [4.78, 5) is 23.7. The Bertz CT molecular complexity index is 570. The van der Waals surface area contributed by atoms with E-state index in [9.17, 15) is 9.59 Å². The fraction of sp³-hybridized carbons (Fsp3) is 0.636. The van der Waals surface area contributed by atoms with Crippen molar-refractivity contribution in [2.24, 2.45) is 14.1 Å². The second-order valence-electron chi connectivity index (χ2n) is 4.67. The first-order valence-electron chi connectivity index (χ1n) is 5.56. The van der Waals surface area contributed by atoms with Crippen molar-refractivity contribution in [3.8, 4) is 5.75 Å². The molecule has 0 N–H and O–H groups in total. The number of ether oxygens (including phenoxy) is 1. The molecule has 0 saturated heterocycles. The van der Waals surface area contributed by atoms with Gasteiger partial charge in [0.1, 0.15) is 0 Å². The summed E-state index contributed by atoms with van der Waals surface area (Å²) in [6.45, 7) is 0. The summed E-state index contributed by atoms with van der Waals surface area (Å²) in [5, 5.41) is 0. The number of fused-ring (bicyclic) bond motifs is 4. The van der Waals surface area contributed by atoms with Crippen LogP contribution in [0.15, 0.2) is 9.59 Å². The average molecular weight is 222 g/mol. The van der Waals surface area contributed by atoms with Crippen LogP contribution in [0.4, 0.5) is 0 Å². The van der Waals surface area contributed by atoms with Gasteiger partial charge in [0.2, 0.25) is 5.75 Å². The van der Waals surface area contributed by atoms with Gasteiger partial charge in [-0.05, 0) is 19.3 Å². The minimum atomic E-state index is -0.297. The van der Waals surface area contributed by atoms with E-state index >= 15 is 0 Å². The summed E-state index contributed by atoms with van der Waals surface area (Å²) < 4.78 is 8.35. The van der Waals surface area contributed by atoms with Crippen LogP contribution in [-0.2, 0) is 14.1 Å². The Morgan fingerprint density at radius 1 is 1.19 bits per heavy atom. The number of nitrogens with zero attached hydrogens (tertiary/aromatic N) is 2. The van der Waals surface area contributed by atoms with E-state index in [4.69, 9.17) is 4.74 Å². The van der Waals surface area contributed by atoms with Crippen molar-refractivity contribution < 1.29 is 4.74 Å². The lowest BCUT2D eigenvalue weighted by Crippen LogP contribution is -2.41. The highest BCUT2D eigenvalue weighted by molar-refractivity contribution is 5.33. The van der Waals surface area contributed by atoms with Crippen molar-refractivity contribution in [1.82, 2.24) is 9.13 Å². The van der Waals surface area contributed by atoms with E-state index < -0.39 is 0 Å². The van der Waals surface area contributed by atoms with Gasteiger partial charge in [-0.1, -0.05) is 0 Å². The minimum Gasteiger partial charge on any atom is -0.483 e. The molecule has 5 nitrogen and oxygen atoms in total. The summed E-state index contributed by atoms with van der Waals surface area (Å²) in [6.07, 6.45) is 3.10. The predicted molar refractivity (Wildman–Crippen MR) is 57.9 cm³/mol. The Morgan fingerprint density at radius 2 is 1.94 bits per heavy atom. The molecule has 86 valence electrons. The maximum atomic E-state index is 11.9. The van der Waals surface area contributed by atoms with Gasteiger partial charge >= 0.3 is 5.69 Å². The van der Waals surface area contributed by atoms with Crippen molar-refractivity contribution in [2.45, 2.75) is 31.3 Å². The molecule has 0 radical (unpaired) electrons. The highest BCUT2D eigenvalue weighted by atomic mass is 16.5. The van der Waals surface area contributed by atoms with E-state index in [2.05, 4.69) is 0 Å². The third-order valence-electron chi connectivity index (χ3n) is 3.72. The minimum absolute atomic E-state index is 0.169. The average Bonchev–Trinajstić information content (AvgIpc) is 2.65. The molecule has 2 aliphatic rings. The zero-order chi connectivity index (χ0) is 11.4. The van der Waals surface area contributed by atoms with Crippen molar-refractivity contribution >= 4 is 0 Å². The monoisotopic (exact) mass is 222 g/mol. The molecule has 1 aliphatic carbocycles. The number of hydrogen-bond acceptors (Lipinski definition) is 3. The molecule has 0 aromatic carbocycles. The number of aromatic nitrogens is 2. The molecule has 16 heavy (non-hydrogen) atoms. The maximum absolute atomic E-state index is 11.9. The van der Waals surface area contributed by atoms with Crippen LogP contribution in [0.3, 0.4) is 0 Å². The van der Waals surface area contributed by atoms with Gasteiger partial charge in [-0.15, -0.1) is 0 Å². The molecular weight excluding hydrogens is 208 g/mol. The largest absolute Gasteiger partial charge is 0.483 e. The van der Waals surface area contributed by atoms with Crippen LogP contribution in [0.25, 0.3) is 0 Å². The second kappa shape index (κ2) is 2.99. The molecule has 2 heterocycles. The maximum Gasteiger partial charge on any atom is 0.330 e. The van der Waals surface area contributed by atoms with Crippen molar-refractivity contribution in [3.63, 3.8) is 0 Å². The lowest BCUT2D eigenvalue weighted by Gasteiger charge is -2.25. The molecule has 2 atom stereocenters. The fourth-order valence-electron chi connectivity index (χ4n) is 2.86. The summed E-state index contributed by atoms with van der Waals surface area (Å²) in [5.41, 5.74) is 0.231. The Hall–Kier alpha value is -1.52. The van der Waals surface area contributed by atoms with Crippen molar-refractivity contribution in [2.75, 3.05) is 0 Å². The van der Waals surface area contributed by atoms with E-state index in [1.165, 1.54) is 7.05 Å². The highest BCUT2D eigenvalue weighted by Crippen LogP contribution is 2.42. The smallest absolute Gasteiger partial charge is 0.330 e. The van der Waals surface area contributed by atoms with Crippen LogP contribution in [-0.4, -0.2) is 15.2 Å². The van der Waals surface area contributed by atoms with E-state index in [1.807, 2.05) is 0 Å². The van der Waals surface area contributed by atoms with Crippen LogP contribution in [0.5, 0.6) is 5.75 Å². The topological polar surface area (TPSA) is 53.2 Å². The number of hydrogen-bond donors (Lipinski definition) is 0. The molecule has 0 spiro atoms. The molecule has 0 amide bonds. The Labute approximate surface area is 92.3 Å². The van der Waals surface area contributed by atoms with E-state index in [0.717, 1.165) is 29.5 Å². The van der Waals surface area contributed by atoms with Gasteiger partial charge < -0.3 is 4.74 Å². The molecule has 1 aromatic heterocycles. The molecule has 3 rings (SSSR count). The molecule has 1 saturated carbocycles. The van der Waals surface area contributed by atoms with Crippen molar-refractivity contribution in [3.05, 3.63) is 26.5 Å². The first-order chi connectivity index (χ1) is 7.59. The lowest BCUT2D eigenvalue weighted by molar-refractivity contribution is 0.184. The lowest BCUT2D eigenvalue weighted by atomic mass is 10.0. The Morgan fingerprint density at radius 3 is 2.69 bits per heavy atom. The molecule has 2 unspecified atom stereocenters. The summed E-state index contributed by atoms with van der Waals surface area (Å²) in [5.74, 6) is 0.712. The molecule has 5 heteroatoms. The van der Waals surface area contributed by atoms with Crippen molar-refractivity contribution in [1.29, 1.82) is 0 Å². The van der Waals surface area contributed by atoms with Crippen LogP contribution in [0.1, 0.15) is 30.9 Å². The van der Waals surface area contributed by atoms with E-state index in [0.29, 0.717) is 11.7 Å². The van der Waals surface area contributed by atoms with Crippen LogP contribution >= 0.6 is 0 Å². The predicted octanol–water partition coefficient (Wildman–Crippen LogP) is 0.112. The van der Waals surface area contributed by atoms with Gasteiger partial charge in [0, 0.05) is 20.0 Å². The molecule has 1 fully saturated rings. The first kappa shape index (κ1) is 9.69. The summed E-state index contributed by atoms with van der Waals surface area (Å²) in [7, 11) is 3.20. The quantitative estimate of drug-likeness (QED) is 0.626. The normalized spacial score (nSPS) is 26.4. The SMILES string of the molecule is Cn1c2c(c(=O)n(C)c1=O)OC1CCC2C1. The Balaban J connectivity index is 2.38. The summed E-state index contributed by atoms with van der Waals surface area (Å²) in [6, 6.07) is 0. The first-order valence-corrected chi connectivity index (χ1v) is 5.56. The zero-order valence-electron chi connectivity index (χ0n) is 9.40. The van der Waals surface area contributed by atoms with Crippen LogP contribution in [0.2, 0.25) is 0 Å². The second-order valence-corrected chi connectivity index (χ2v) is 4.67. The number of rotatable bonds is 0. The third kappa shape index (κ3) is 1.06. The van der Waals surface area contributed by atoms with E-state index in [-0.39, 0.29) is 17.4 Å². The van der Waals surface area contributed by atoms with Gasteiger partial charge in [-0.25, -0.2) is 4.79 Å². The van der Waals surface area contributed by atoms with Gasteiger partial charge in [0.05, 0.1) is 11.8 Å². The summed E-state index contributed by atoms with van der Waals surface area (Å²) >= 11 is 0. The van der Waals surface area contributed by atoms with Crippen LogP contribution in [0, 0.1) is 0 Å². The standard InChI is InChI=1S/C11H14N2O3/c1-12-8-6-3-4-7(5-6)16-9(8)10(14)13(2)11(12)15/h6-7H,3-5H2,1-2H3. The molecule has 2 bridgehead atoms. The van der Waals surface area contributed by atoms with Gasteiger partial charge in [-0.3, -0.25) is 13.9 Å². The molecule has 1 aliphatic heterocycles. The molecule has 1 aromatic rings. The third-order valence-corrected chi connectivity index (χ3v) is 3.72. The highest BCUT2D eigenvalue weighted by Gasteiger charge is 2.38. The molecular formula is C11H14N2O3. The van der Waals surface area contributed by atoms with E-state index in [1.54, 1.807) is 11.6 Å². The zero-order valence-corrected chi connectivity index (χ0v) is 9.40. The van der Waals surface area contributed by atoms with Gasteiger partial charge in [0.15, 0.2) is 0 Å². The van der Waals surface area contributed by atoms with Gasteiger partial charge in [0.25, 0.3) is 5.56 Å².